The van der Waals surface area contributed by atoms with E-state index in [0.717, 1.165) is 25.9 Å². The highest BCUT2D eigenvalue weighted by Gasteiger charge is 2.60. The van der Waals surface area contributed by atoms with Crippen molar-refractivity contribution in [3.8, 4) is 11.5 Å². The smallest absolute Gasteiger partial charge is 0.335 e. The monoisotopic (exact) mass is 474 g/mol. The molecule has 1 saturated carbocycles. The van der Waals surface area contributed by atoms with E-state index in [9.17, 15) is 23.2 Å². The maximum absolute atomic E-state index is 13.7. The zero-order chi connectivity index (χ0) is 23.7. The highest BCUT2D eigenvalue weighted by Crippen LogP contribution is 2.54. The van der Waals surface area contributed by atoms with E-state index in [4.69, 9.17) is 9.84 Å². The molecule has 1 spiro atoms. The molecule has 176 valence electrons. The lowest BCUT2D eigenvalue weighted by atomic mass is 9.77. The highest BCUT2D eigenvalue weighted by molar-refractivity contribution is 7.93. The van der Waals surface area contributed by atoms with Gasteiger partial charge in [0, 0.05) is 0 Å². The number of ether oxygens (including phenoxy) is 1. The van der Waals surface area contributed by atoms with Crippen LogP contribution in [0.25, 0.3) is 0 Å². The van der Waals surface area contributed by atoms with E-state index in [2.05, 4.69) is 5.32 Å². The lowest BCUT2D eigenvalue weighted by molar-refractivity contribution is -0.132. The van der Waals surface area contributed by atoms with Gasteiger partial charge in [-0.05, 0) is 93.1 Å². The van der Waals surface area contributed by atoms with Crippen molar-refractivity contribution >= 4 is 21.7 Å². The molecule has 2 fully saturated rings. The van der Waals surface area contributed by atoms with Gasteiger partial charge in [-0.2, -0.15) is 0 Å². The van der Waals surface area contributed by atoms with Gasteiger partial charge in [-0.3, -0.25) is 10.0 Å². The van der Waals surface area contributed by atoms with E-state index < -0.39 is 26.5 Å². The molecule has 1 amide bonds. The molecule has 1 saturated heterocycles. The number of carboxylic acid groups (broad SMARTS) is 1. The number of amides is 1. The molecular formula is C23H26N2O7S. The average molecular weight is 475 g/mol. The Balaban J connectivity index is 1.61. The maximum atomic E-state index is 13.7. The number of carboxylic acids is 1. The molecule has 9 nitrogen and oxygen atoms in total. The van der Waals surface area contributed by atoms with Gasteiger partial charge in [-0.25, -0.2) is 18.7 Å². The fourth-order valence-corrected chi connectivity index (χ4v) is 7.12. The van der Waals surface area contributed by atoms with Crippen molar-refractivity contribution in [2.45, 2.75) is 41.7 Å². The number of aromatic carboxylic acids is 1. The van der Waals surface area contributed by atoms with E-state index in [1.165, 1.54) is 36.4 Å². The molecule has 1 aliphatic heterocycles. The molecule has 33 heavy (non-hydrogen) atoms. The number of carbonyl (C=O) groups is 2. The van der Waals surface area contributed by atoms with E-state index in [1.807, 2.05) is 0 Å². The Bertz CT molecular complexity index is 1160. The number of hydrogen-bond donors (Lipinski definition) is 4. The Labute approximate surface area is 191 Å². The van der Waals surface area contributed by atoms with Gasteiger partial charge < -0.3 is 15.2 Å². The second-order valence-corrected chi connectivity index (χ2v) is 11.0. The van der Waals surface area contributed by atoms with Crippen LogP contribution in [0.4, 0.5) is 0 Å². The number of nitrogens with one attached hydrogen (secondary N) is 2. The summed E-state index contributed by atoms with van der Waals surface area (Å²) in [6.45, 7) is 1.54. The van der Waals surface area contributed by atoms with Crippen molar-refractivity contribution < 1.29 is 33.1 Å². The summed E-state index contributed by atoms with van der Waals surface area (Å²) in [6.07, 6.45) is 2.47. The first-order valence-electron chi connectivity index (χ1n) is 10.7. The normalized spacial score (nSPS) is 22.1. The van der Waals surface area contributed by atoms with E-state index in [-0.39, 0.29) is 28.7 Å². The molecule has 1 aliphatic carbocycles. The summed E-state index contributed by atoms with van der Waals surface area (Å²) in [5.41, 5.74) is 1.42. The van der Waals surface area contributed by atoms with Gasteiger partial charge in [0.1, 0.15) is 11.5 Å². The van der Waals surface area contributed by atoms with Gasteiger partial charge in [-0.1, -0.05) is 6.07 Å². The molecule has 1 unspecified atom stereocenters. The lowest BCUT2D eigenvalue weighted by Gasteiger charge is -2.36. The van der Waals surface area contributed by atoms with Crippen LogP contribution in [-0.2, 0) is 14.6 Å². The summed E-state index contributed by atoms with van der Waals surface area (Å²) in [4.78, 5) is 23.8. The van der Waals surface area contributed by atoms with Crippen LogP contribution in [0.5, 0.6) is 11.5 Å². The predicted molar refractivity (Wildman–Crippen MR) is 118 cm³/mol. The minimum absolute atomic E-state index is 0.0382. The van der Waals surface area contributed by atoms with Crippen molar-refractivity contribution in [3.05, 3.63) is 54.1 Å². The third kappa shape index (κ3) is 4.21. The summed E-state index contributed by atoms with van der Waals surface area (Å²) < 4.78 is 31.3. The number of hydrogen-bond acceptors (Lipinski definition) is 7. The van der Waals surface area contributed by atoms with Crippen LogP contribution < -0.4 is 15.5 Å². The standard InChI is InChI=1S/C23H26N2O7S/c26-20(27)16-2-1-3-18(14-16)32-17-4-6-19(7-5-17)33(30,31)23(21(28)25-29)9-8-22(15-23)10-12-24-13-11-22/h1-7,14,24,29H,8-13,15H2,(H,25,28)(H,26,27). The lowest BCUT2D eigenvalue weighted by Crippen LogP contribution is -2.51. The SMILES string of the molecule is O=C(O)c1cccc(Oc2ccc(S(=O)(=O)C3(C(=O)NO)CCC4(CCNCC4)C3)cc2)c1. The number of rotatable bonds is 6. The van der Waals surface area contributed by atoms with E-state index in [1.54, 1.807) is 17.6 Å². The molecule has 0 aromatic heterocycles. The summed E-state index contributed by atoms with van der Waals surface area (Å²) in [6, 6.07) is 11.6. The number of hydroxylamine groups is 1. The third-order valence-electron chi connectivity index (χ3n) is 6.86. The minimum Gasteiger partial charge on any atom is -0.478 e. The van der Waals surface area contributed by atoms with Crippen molar-refractivity contribution in [2.75, 3.05) is 13.1 Å². The zero-order valence-electron chi connectivity index (χ0n) is 17.9. The molecular weight excluding hydrogens is 448 g/mol. The van der Waals surface area contributed by atoms with Gasteiger partial charge in [0.25, 0.3) is 5.91 Å². The van der Waals surface area contributed by atoms with Crippen LogP contribution in [0, 0.1) is 5.41 Å². The Morgan fingerprint density at radius 2 is 1.67 bits per heavy atom. The number of benzene rings is 2. The van der Waals surface area contributed by atoms with Gasteiger partial charge in [0.2, 0.25) is 0 Å². The summed E-state index contributed by atoms with van der Waals surface area (Å²) in [5, 5.41) is 21.8. The van der Waals surface area contributed by atoms with Crippen molar-refractivity contribution in [1.29, 1.82) is 0 Å². The van der Waals surface area contributed by atoms with Gasteiger partial charge in [0.15, 0.2) is 14.6 Å². The largest absolute Gasteiger partial charge is 0.478 e. The van der Waals surface area contributed by atoms with Crippen LogP contribution in [0.1, 0.15) is 42.5 Å². The molecule has 4 N–H and O–H groups in total. The first kappa shape index (κ1) is 23.2. The van der Waals surface area contributed by atoms with Crippen molar-refractivity contribution in [2.24, 2.45) is 5.41 Å². The molecule has 2 aromatic rings. The van der Waals surface area contributed by atoms with Crippen LogP contribution in [-0.4, -0.2) is 48.4 Å². The van der Waals surface area contributed by atoms with E-state index >= 15 is 0 Å². The van der Waals surface area contributed by atoms with Crippen molar-refractivity contribution in [1.82, 2.24) is 10.8 Å². The molecule has 1 atom stereocenters. The fourth-order valence-electron chi connectivity index (χ4n) is 5.02. The number of carbonyl (C=O) groups excluding carboxylic acids is 1. The maximum Gasteiger partial charge on any atom is 0.335 e. The van der Waals surface area contributed by atoms with E-state index in [0.29, 0.717) is 17.9 Å². The molecule has 1 heterocycles. The Morgan fingerprint density at radius 1 is 0.970 bits per heavy atom. The molecule has 0 radical (unpaired) electrons. The predicted octanol–water partition coefficient (Wildman–Crippen LogP) is 2.75. The minimum atomic E-state index is -4.12. The van der Waals surface area contributed by atoms with Crippen LogP contribution in [0.2, 0.25) is 0 Å². The summed E-state index contributed by atoms with van der Waals surface area (Å²) >= 11 is 0. The summed E-state index contributed by atoms with van der Waals surface area (Å²) in [5.74, 6) is -1.37. The molecule has 2 aliphatic rings. The van der Waals surface area contributed by atoms with Gasteiger partial charge in [-0.15, -0.1) is 0 Å². The number of piperidine rings is 1. The van der Waals surface area contributed by atoms with Crippen LogP contribution >= 0.6 is 0 Å². The molecule has 0 bridgehead atoms. The summed E-state index contributed by atoms with van der Waals surface area (Å²) in [7, 11) is -4.12. The second kappa shape index (κ2) is 8.77. The molecule has 4 rings (SSSR count). The fraction of sp³-hybridized carbons (Fsp3) is 0.391. The molecule has 2 aromatic carbocycles. The first-order chi connectivity index (χ1) is 15.7. The highest BCUT2D eigenvalue weighted by atomic mass is 32.2. The van der Waals surface area contributed by atoms with Crippen LogP contribution in [0.15, 0.2) is 53.4 Å². The number of sulfone groups is 1. The van der Waals surface area contributed by atoms with Gasteiger partial charge >= 0.3 is 5.97 Å². The third-order valence-corrected chi connectivity index (χ3v) is 9.32. The Hall–Kier alpha value is -2.95. The average Bonchev–Trinajstić information content (AvgIpc) is 3.20. The Morgan fingerprint density at radius 3 is 2.30 bits per heavy atom. The molecule has 10 heteroatoms. The quantitative estimate of drug-likeness (QED) is 0.370. The zero-order valence-corrected chi connectivity index (χ0v) is 18.7. The van der Waals surface area contributed by atoms with Crippen LogP contribution in [0.3, 0.4) is 0 Å². The second-order valence-electron chi connectivity index (χ2n) is 8.77. The van der Waals surface area contributed by atoms with Crippen molar-refractivity contribution in [3.63, 3.8) is 0 Å². The topological polar surface area (TPSA) is 142 Å². The Kier molecular flexibility index (Phi) is 6.17. The van der Waals surface area contributed by atoms with Gasteiger partial charge in [0.05, 0.1) is 10.5 Å². The first-order valence-corrected chi connectivity index (χ1v) is 12.2.